The summed E-state index contributed by atoms with van der Waals surface area (Å²) < 4.78 is 23.1. The smallest absolute Gasteiger partial charge is 0.224 e. The zero-order chi connectivity index (χ0) is 16.2. The highest BCUT2D eigenvalue weighted by Gasteiger charge is 2.33. The lowest BCUT2D eigenvalue weighted by molar-refractivity contribution is -0.132. The quantitative estimate of drug-likeness (QED) is 0.867. The zero-order valence-corrected chi connectivity index (χ0v) is 14.0. The highest BCUT2D eigenvalue weighted by molar-refractivity contribution is 7.91. The van der Waals surface area contributed by atoms with Crippen LogP contribution in [0, 0.1) is 6.92 Å². The van der Waals surface area contributed by atoms with Crippen molar-refractivity contribution in [2.45, 2.75) is 32.7 Å². The molecule has 1 atom stereocenters. The summed E-state index contributed by atoms with van der Waals surface area (Å²) in [6, 6.07) is 7.79. The largest absolute Gasteiger partial charge is 0.384 e. The Labute approximate surface area is 132 Å². The van der Waals surface area contributed by atoms with Crippen LogP contribution in [0.15, 0.2) is 24.3 Å². The van der Waals surface area contributed by atoms with Crippen LogP contribution in [0.3, 0.4) is 0 Å². The first kappa shape index (κ1) is 16.8. The van der Waals surface area contributed by atoms with E-state index in [1.807, 2.05) is 38.1 Å². The average molecular weight is 324 g/mol. The SMILES string of the molecule is CCN(C(=O)CCNc1ccccc1C)C1CCS(=O)(=O)C1. The minimum atomic E-state index is -2.96. The third-order valence-electron chi connectivity index (χ3n) is 4.11. The molecule has 5 nitrogen and oxygen atoms in total. The van der Waals surface area contributed by atoms with Gasteiger partial charge in [0.15, 0.2) is 9.84 Å². The first-order valence-corrected chi connectivity index (χ1v) is 9.54. The van der Waals surface area contributed by atoms with Crippen molar-refractivity contribution in [2.24, 2.45) is 0 Å². The maximum atomic E-state index is 12.3. The van der Waals surface area contributed by atoms with E-state index >= 15 is 0 Å². The average Bonchev–Trinajstić information content (AvgIpc) is 2.82. The lowest BCUT2D eigenvalue weighted by Gasteiger charge is -2.27. The number of sulfone groups is 1. The van der Waals surface area contributed by atoms with Crippen LogP contribution in [0.5, 0.6) is 0 Å². The van der Waals surface area contributed by atoms with Gasteiger partial charge >= 0.3 is 0 Å². The topological polar surface area (TPSA) is 66.5 Å². The first-order chi connectivity index (χ1) is 10.4. The van der Waals surface area contributed by atoms with Crippen LogP contribution >= 0.6 is 0 Å². The van der Waals surface area contributed by atoms with E-state index < -0.39 is 9.84 Å². The van der Waals surface area contributed by atoms with Crippen molar-refractivity contribution < 1.29 is 13.2 Å². The maximum absolute atomic E-state index is 12.3. The number of nitrogens with one attached hydrogen (secondary N) is 1. The number of benzene rings is 1. The van der Waals surface area contributed by atoms with Gasteiger partial charge in [-0.05, 0) is 31.9 Å². The minimum absolute atomic E-state index is 0.0192. The third kappa shape index (κ3) is 4.22. The maximum Gasteiger partial charge on any atom is 0.224 e. The fourth-order valence-electron chi connectivity index (χ4n) is 2.88. The number of amides is 1. The molecule has 1 aromatic carbocycles. The van der Waals surface area contributed by atoms with E-state index in [4.69, 9.17) is 0 Å². The molecule has 22 heavy (non-hydrogen) atoms. The van der Waals surface area contributed by atoms with Crippen molar-refractivity contribution in [1.82, 2.24) is 4.90 Å². The van der Waals surface area contributed by atoms with Crippen molar-refractivity contribution in [1.29, 1.82) is 0 Å². The highest BCUT2D eigenvalue weighted by Crippen LogP contribution is 2.19. The van der Waals surface area contributed by atoms with E-state index in [-0.39, 0.29) is 23.5 Å². The van der Waals surface area contributed by atoms with Gasteiger partial charge in [-0.25, -0.2) is 8.42 Å². The lowest BCUT2D eigenvalue weighted by Crippen LogP contribution is -2.41. The second-order valence-electron chi connectivity index (χ2n) is 5.73. The van der Waals surface area contributed by atoms with Crippen LogP contribution in [-0.4, -0.2) is 49.9 Å². The van der Waals surface area contributed by atoms with Gasteiger partial charge in [-0.1, -0.05) is 18.2 Å². The fraction of sp³-hybridized carbons (Fsp3) is 0.562. The van der Waals surface area contributed by atoms with Gasteiger partial charge in [0.2, 0.25) is 5.91 Å². The van der Waals surface area contributed by atoms with Crippen molar-refractivity contribution in [3.05, 3.63) is 29.8 Å². The number of hydrogen-bond acceptors (Lipinski definition) is 4. The van der Waals surface area contributed by atoms with Gasteiger partial charge in [0.1, 0.15) is 0 Å². The third-order valence-corrected chi connectivity index (χ3v) is 5.86. The second-order valence-corrected chi connectivity index (χ2v) is 7.96. The molecule has 1 saturated heterocycles. The molecule has 122 valence electrons. The Hall–Kier alpha value is -1.56. The summed E-state index contributed by atoms with van der Waals surface area (Å²) >= 11 is 0. The number of carbonyl (C=O) groups excluding carboxylic acids is 1. The number of anilines is 1. The van der Waals surface area contributed by atoms with E-state index in [2.05, 4.69) is 5.32 Å². The monoisotopic (exact) mass is 324 g/mol. The Kier molecular flexibility index (Phi) is 5.45. The van der Waals surface area contributed by atoms with E-state index in [0.29, 0.717) is 25.9 Å². The molecule has 0 aromatic heterocycles. The molecule has 1 aliphatic rings. The number of hydrogen-bond donors (Lipinski definition) is 1. The van der Waals surface area contributed by atoms with E-state index in [9.17, 15) is 13.2 Å². The molecule has 0 saturated carbocycles. The van der Waals surface area contributed by atoms with Crippen LogP contribution < -0.4 is 5.32 Å². The Bertz CT molecular complexity index is 628. The minimum Gasteiger partial charge on any atom is -0.384 e. The van der Waals surface area contributed by atoms with Crippen LogP contribution in [0.25, 0.3) is 0 Å². The summed E-state index contributed by atoms with van der Waals surface area (Å²) in [5.41, 5.74) is 2.17. The number of nitrogens with zero attached hydrogens (tertiary/aromatic N) is 1. The molecule has 1 N–H and O–H groups in total. The second kappa shape index (κ2) is 7.13. The number of para-hydroxylation sites is 1. The molecule has 0 aliphatic carbocycles. The fourth-order valence-corrected chi connectivity index (χ4v) is 4.61. The molecular weight excluding hydrogens is 300 g/mol. The first-order valence-electron chi connectivity index (χ1n) is 7.72. The van der Waals surface area contributed by atoms with Gasteiger partial charge in [0.05, 0.1) is 11.5 Å². The molecule has 1 unspecified atom stereocenters. The van der Waals surface area contributed by atoms with Crippen LogP contribution in [0.2, 0.25) is 0 Å². The molecule has 6 heteroatoms. The summed E-state index contributed by atoms with van der Waals surface area (Å²) in [6.45, 7) is 5.03. The Morgan fingerprint density at radius 2 is 2.09 bits per heavy atom. The molecule has 1 heterocycles. The summed E-state index contributed by atoms with van der Waals surface area (Å²) in [5.74, 6) is 0.325. The predicted molar refractivity (Wildman–Crippen MR) is 88.7 cm³/mol. The van der Waals surface area contributed by atoms with Gasteiger partial charge in [-0.15, -0.1) is 0 Å². The van der Waals surface area contributed by atoms with Crippen LogP contribution in [0.4, 0.5) is 5.69 Å². The number of carbonyl (C=O) groups is 1. The summed E-state index contributed by atoms with van der Waals surface area (Å²) in [4.78, 5) is 14.1. The molecule has 1 aliphatic heterocycles. The van der Waals surface area contributed by atoms with Crippen molar-refractivity contribution in [3.63, 3.8) is 0 Å². The van der Waals surface area contributed by atoms with Gasteiger partial charge in [-0.3, -0.25) is 4.79 Å². The molecule has 2 rings (SSSR count). The normalized spacial score (nSPS) is 19.8. The van der Waals surface area contributed by atoms with E-state index in [0.717, 1.165) is 11.3 Å². The van der Waals surface area contributed by atoms with Crippen LogP contribution in [0.1, 0.15) is 25.3 Å². The van der Waals surface area contributed by atoms with E-state index in [1.54, 1.807) is 4.90 Å². The predicted octanol–water partition coefficient (Wildman–Crippen LogP) is 1.83. The molecule has 1 amide bonds. The van der Waals surface area contributed by atoms with Gasteiger partial charge in [-0.2, -0.15) is 0 Å². The van der Waals surface area contributed by atoms with Crippen molar-refractivity contribution >= 4 is 21.4 Å². The summed E-state index contributed by atoms with van der Waals surface area (Å²) in [7, 11) is -2.96. The lowest BCUT2D eigenvalue weighted by atomic mass is 10.2. The van der Waals surface area contributed by atoms with Crippen molar-refractivity contribution in [2.75, 3.05) is 29.9 Å². The standard InChI is InChI=1S/C16H24N2O3S/c1-3-18(14-9-11-22(20,21)12-14)16(19)8-10-17-15-7-5-4-6-13(15)2/h4-7,14,17H,3,8-12H2,1-2H3. The van der Waals surface area contributed by atoms with Gasteiger partial charge < -0.3 is 10.2 Å². The summed E-state index contributed by atoms with van der Waals surface area (Å²) in [5, 5.41) is 3.26. The molecule has 1 aromatic rings. The molecular formula is C16H24N2O3S. The van der Waals surface area contributed by atoms with Crippen LogP contribution in [-0.2, 0) is 14.6 Å². The molecule has 0 bridgehead atoms. The molecule has 1 fully saturated rings. The zero-order valence-electron chi connectivity index (χ0n) is 13.2. The Balaban J connectivity index is 1.87. The Morgan fingerprint density at radius 1 is 1.36 bits per heavy atom. The number of aryl methyl sites for hydroxylation is 1. The van der Waals surface area contributed by atoms with Crippen molar-refractivity contribution in [3.8, 4) is 0 Å². The van der Waals surface area contributed by atoms with Gasteiger partial charge in [0.25, 0.3) is 0 Å². The molecule has 0 radical (unpaired) electrons. The molecule has 0 spiro atoms. The Morgan fingerprint density at radius 3 is 2.68 bits per heavy atom. The number of rotatable bonds is 6. The highest BCUT2D eigenvalue weighted by atomic mass is 32.2. The summed E-state index contributed by atoms with van der Waals surface area (Å²) in [6.07, 6.45) is 0.936. The van der Waals surface area contributed by atoms with E-state index in [1.165, 1.54) is 0 Å². The van der Waals surface area contributed by atoms with Gasteiger partial charge in [0, 0.05) is 31.2 Å².